The van der Waals surface area contributed by atoms with E-state index in [1.54, 1.807) is 18.2 Å². The molecule has 122 valence electrons. The zero-order chi connectivity index (χ0) is 17.1. The SMILES string of the molecule is CC(=O)Nc1ccc(C=C2CCOc3ccc(F)cc3C2=O)cc1. The van der Waals surface area contributed by atoms with Crippen molar-refractivity contribution in [2.24, 2.45) is 0 Å². The van der Waals surface area contributed by atoms with Crippen LogP contribution in [0.5, 0.6) is 5.75 Å². The van der Waals surface area contributed by atoms with Crippen LogP contribution >= 0.6 is 0 Å². The van der Waals surface area contributed by atoms with Crippen LogP contribution in [0.25, 0.3) is 6.08 Å². The lowest BCUT2D eigenvalue weighted by molar-refractivity contribution is -0.114. The molecule has 0 saturated heterocycles. The summed E-state index contributed by atoms with van der Waals surface area (Å²) in [6, 6.07) is 11.1. The molecule has 3 rings (SSSR count). The van der Waals surface area contributed by atoms with Gasteiger partial charge in [0.25, 0.3) is 0 Å². The highest BCUT2D eigenvalue weighted by molar-refractivity contribution is 6.13. The molecule has 1 N–H and O–H groups in total. The van der Waals surface area contributed by atoms with Gasteiger partial charge in [-0.05, 0) is 42.0 Å². The Morgan fingerprint density at radius 1 is 1.21 bits per heavy atom. The predicted octanol–water partition coefficient (Wildman–Crippen LogP) is 3.83. The normalized spacial score (nSPS) is 15.4. The first-order valence-electron chi connectivity index (χ1n) is 7.58. The third kappa shape index (κ3) is 3.51. The van der Waals surface area contributed by atoms with Crippen LogP contribution in [0.1, 0.15) is 29.3 Å². The summed E-state index contributed by atoms with van der Waals surface area (Å²) < 4.78 is 19.0. The molecular formula is C19H16FNO3. The second kappa shape index (κ2) is 6.66. The van der Waals surface area contributed by atoms with Crippen molar-refractivity contribution in [3.63, 3.8) is 0 Å². The van der Waals surface area contributed by atoms with Gasteiger partial charge in [0.15, 0.2) is 5.78 Å². The third-order valence-electron chi connectivity index (χ3n) is 3.68. The summed E-state index contributed by atoms with van der Waals surface area (Å²) in [6.07, 6.45) is 2.21. The van der Waals surface area contributed by atoms with E-state index in [1.165, 1.54) is 25.1 Å². The zero-order valence-electron chi connectivity index (χ0n) is 13.1. The number of hydrogen-bond donors (Lipinski definition) is 1. The number of ether oxygens (including phenoxy) is 1. The van der Waals surface area contributed by atoms with Crippen LogP contribution in [0.3, 0.4) is 0 Å². The van der Waals surface area contributed by atoms with Crippen molar-refractivity contribution in [1.82, 2.24) is 0 Å². The molecule has 0 unspecified atom stereocenters. The first-order chi connectivity index (χ1) is 11.5. The molecule has 2 aromatic carbocycles. The average Bonchev–Trinajstić information content (AvgIpc) is 2.69. The van der Waals surface area contributed by atoms with E-state index >= 15 is 0 Å². The van der Waals surface area contributed by atoms with Gasteiger partial charge in [-0.3, -0.25) is 9.59 Å². The second-order valence-corrected chi connectivity index (χ2v) is 5.54. The van der Waals surface area contributed by atoms with Crippen LogP contribution in [-0.2, 0) is 4.79 Å². The molecule has 0 fully saturated rings. The van der Waals surface area contributed by atoms with E-state index in [-0.39, 0.29) is 17.3 Å². The fourth-order valence-corrected chi connectivity index (χ4v) is 2.57. The lowest BCUT2D eigenvalue weighted by atomic mass is 9.99. The number of benzene rings is 2. The summed E-state index contributed by atoms with van der Waals surface area (Å²) in [4.78, 5) is 23.7. The van der Waals surface area contributed by atoms with Gasteiger partial charge in [-0.15, -0.1) is 0 Å². The van der Waals surface area contributed by atoms with Gasteiger partial charge in [0.1, 0.15) is 11.6 Å². The molecule has 5 heteroatoms. The van der Waals surface area contributed by atoms with Crippen molar-refractivity contribution in [2.45, 2.75) is 13.3 Å². The molecule has 1 aliphatic heterocycles. The van der Waals surface area contributed by atoms with Crippen molar-refractivity contribution in [3.05, 3.63) is 65.0 Å². The van der Waals surface area contributed by atoms with Crippen LogP contribution in [0.2, 0.25) is 0 Å². The van der Waals surface area contributed by atoms with Crippen LogP contribution in [0, 0.1) is 5.82 Å². The molecule has 1 aliphatic rings. The maximum absolute atomic E-state index is 13.4. The summed E-state index contributed by atoms with van der Waals surface area (Å²) in [5.74, 6) is -0.429. The summed E-state index contributed by atoms with van der Waals surface area (Å²) in [5, 5.41) is 2.69. The molecule has 0 radical (unpaired) electrons. The molecule has 4 nitrogen and oxygen atoms in total. The Kier molecular flexibility index (Phi) is 4.42. The van der Waals surface area contributed by atoms with E-state index in [1.807, 2.05) is 12.1 Å². The summed E-state index contributed by atoms with van der Waals surface area (Å²) in [6.45, 7) is 1.80. The number of carbonyl (C=O) groups is 2. The van der Waals surface area contributed by atoms with Gasteiger partial charge >= 0.3 is 0 Å². The topological polar surface area (TPSA) is 55.4 Å². The first-order valence-corrected chi connectivity index (χ1v) is 7.58. The Bertz CT molecular complexity index is 825. The van der Waals surface area contributed by atoms with Crippen molar-refractivity contribution >= 4 is 23.5 Å². The minimum Gasteiger partial charge on any atom is -0.492 e. The lowest BCUT2D eigenvalue weighted by Gasteiger charge is -2.05. The maximum atomic E-state index is 13.4. The number of rotatable bonds is 2. The summed E-state index contributed by atoms with van der Waals surface area (Å²) in [7, 11) is 0. The molecule has 0 bridgehead atoms. The molecule has 24 heavy (non-hydrogen) atoms. The number of carbonyl (C=O) groups excluding carboxylic acids is 2. The van der Waals surface area contributed by atoms with E-state index in [4.69, 9.17) is 4.74 Å². The summed E-state index contributed by atoms with van der Waals surface area (Å²) in [5.41, 5.74) is 2.32. The Balaban J connectivity index is 1.89. The standard InChI is InChI=1S/C19H16FNO3/c1-12(22)21-16-5-2-13(3-6-16)10-14-8-9-24-18-7-4-15(20)11-17(18)19(14)23/h2-7,10-11H,8-9H2,1H3,(H,21,22). The summed E-state index contributed by atoms with van der Waals surface area (Å²) >= 11 is 0. The molecule has 0 aliphatic carbocycles. The van der Waals surface area contributed by atoms with E-state index in [2.05, 4.69) is 5.32 Å². The zero-order valence-corrected chi connectivity index (χ0v) is 13.1. The number of hydrogen-bond acceptors (Lipinski definition) is 3. The molecule has 0 spiro atoms. The highest BCUT2D eigenvalue weighted by Crippen LogP contribution is 2.28. The van der Waals surface area contributed by atoms with Gasteiger partial charge in [-0.25, -0.2) is 4.39 Å². The quantitative estimate of drug-likeness (QED) is 0.854. The molecule has 1 heterocycles. The van der Waals surface area contributed by atoms with Crippen LogP contribution in [0.15, 0.2) is 48.0 Å². The smallest absolute Gasteiger partial charge is 0.221 e. The molecule has 0 saturated carbocycles. The van der Waals surface area contributed by atoms with Gasteiger partial charge in [-0.2, -0.15) is 0 Å². The number of amides is 1. The van der Waals surface area contributed by atoms with Crippen LogP contribution in [0.4, 0.5) is 10.1 Å². The lowest BCUT2D eigenvalue weighted by Crippen LogP contribution is -2.05. The maximum Gasteiger partial charge on any atom is 0.221 e. The van der Waals surface area contributed by atoms with Crippen molar-refractivity contribution < 1.29 is 18.7 Å². The third-order valence-corrected chi connectivity index (χ3v) is 3.68. The molecule has 2 aromatic rings. The fourth-order valence-electron chi connectivity index (χ4n) is 2.57. The van der Waals surface area contributed by atoms with Gasteiger partial charge < -0.3 is 10.1 Å². The van der Waals surface area contributed by atoms with Gasteiger partial charge in [0, 0.05) is 24.6 Å². The monoisotopic (exact) mass is 325 g/mol. The molecule has 1 amide bonds. The van der Waals surface area contributed by atoms with Crippen molar-refractivity contribution in [3.8, 4) is 5.75 Å². The van der Waals surface area contributed by atoms with Gasteiger partial charge in [0.2, 0.25) is 5.91 Å². The first kappa shape index (κ1) is 15.9. The largest absolute Gasteiger partial charge is 0.492 e. The van der Waals surface area contributed by atoms with Crippen molar-refractivity contribution in [2.75, 3.05) is 11.9 Å². The number of nitrogens with one attached hydrogen (secondary N) is 1. The Hall–Kier alpha value is -2.95. The Morgan fingerprint density at radius 3 is 2.67 bits per heavy atom. The van der Waals surface area contributed by atoms with Gasteiger partial charge in [-0.1, -0.05) is 12.1 Å². The van der Waals surface area contributed by atoms with Crippen LogP contribution < -0.4 is 10.1 Å². The van der Waals surface area contributed by atoms with Crippen molar-refractivity contribution in [1.29, 1.82) is 0 Å². The second-order valence-electron chi connectivity index (χ2n) is 5.54. The van der Waals surface area contributed by atoms with E-state index < -0.39 is 5.82 Å². The van der Waals surface area contributed by atoms with Crippen LogP contribution in [-0.4, -0.2) is 18.3 Å². The van der Waals surface area contributed by atoms with E-state index in [0.717, 1.165) is 5.56 Å². The minimum atomic E-state index is -0.466. The highest BCUT2D eigenvalue weighted by atomic mass is 19.1. The van der Waals surface area contributed by atoms with E-state index in [9.17, 15) is 14.0 Å². The van der Waals surface area contributed by atoms with Gasteiger partial charge in [0.05, 0.1) is 12.2 Å². The number of ketones is 1. The minimum absolute atomic E-state index is 0.143. The van der Waals surface area contributed by atoms with E-state index in [0.29, 0.717) is 30.0 Å². The molecule has 0 atom stereocenters. The Labute approximate surface area is 138 Å². The Morgan fingerprint density at radius 2 is 1.96 bits per heavy atom. The number of Topliss-reactive ketones (excluding diaryl/α,β-unsaturated/α-hetero) is 1. The molecule has 0 aromatic heterocycles. The highest BCUT2D eigenvalue weighted by Gasteiger charge is 2.21. The number of halogens is 1. The molecular weight excluding hydrogens is 309 g/mol. The fraction of sp³-hybridized carbons (Fsp3) is 0.158. The predicted molar refractivity (Wildman–Crippen MR) is 89.6 cm³/mol. The average molecular weight is 325 g/mol. The number of fused-ring (bicyclic) bond motifs is 1. The number of anilines is 1.